The molecule has 0 unspecified atom stereocenters. The molecule has 2 atom stereocenters. The van der Waals surface area contributed by atoms with Crippen LogP contribution >= 0.6 is 11.8 Å². The zero-order chi connectivity index (χ0) is 19.0. The maximum Gasteiger partial charge on any atom is 0.252 e. The fourth-order valence-corrected chi connectivity index (χ4v) is 7.42. The summed E-state index contributed by atoms with van der Waals surface area (Å²) in [6.07, 6.45) is 0.236. The summed E-state index contributed by atoms with van der Waals surface area (Å²) in [5.74, 6) is 0.0183. The molecule has 0 aromatic heterocycles. The summed E-state index contributed by atoms with van der Waals surface area (Å²) in [7, 11) is -3.06. The zero-order valence-corrected chi connectivity index (χ0v) is 16.5. The molecule has 2 aromatic carbocycles. The van der Waals surface area contributed by atoms with Gasteiger partial charge in [-0.2, -0.15) is 4.99 Å². The van der Waals surface area contributed by atoms with Crippen LogP contribution in [0.25, 0.3) is 0 Å². The van der Waals surface area contributed by atoms with E-state index in [1.807, 2.05) is 66.4 Å². The molecule has 0 N–H and O–H groups in total. The number of thioether (sulfide) groups is 1. The van der Waals surface area contributed by atoms with Crippen molar-refractivity contribution in [1.82, 2.24) is 0 Å². The Hall–Kier alpha value is -2.12. The second kappa shape index (κ2) is 7.13. The van der Waals surface area contributed by atoms with Gasteiger partial charge >= 0.3 is 0 Å². The predicted octanol–water partition coefficient (Wildman–Crippen LogP) is 2.84. The first-order chi connectivity index (χ1) is 12.9. The van der Waals surface area contributed by atoms with Crippen molar-refractivity contribution in [3.63, 3.8) is 0 Å². The molecule has 0 saturated carbocycles. The molecule has 1 amide bonds. The van der Waals surface area contributed by atoms with Gasteiger partial charge in [-0.1, -0.05) is 59.8 Å². The van der Waals surface area contributed by atoms with Crippen molar-refractivity contribution in [2.45, 2.75) is 24.6 Å². The van der Waals surface area contributed by atoms with Crippen LogP contribution in [0.5, 0.6) is 0 Å². The molecule has 2 aromatic rings. The van der Waals surface area contributed by atoms with Crippen molar-refractivity contribution in [2.75, 3.05) is 16.4 Å². The van der Waals surface area contributed by atoms with Crippen molar-refractivity contribution >= 4 is 38.4 Å². The van der Waals surface area contributed by atoms with E-state index >= 15 is 0 Å². The molecule has 7 heteroatoms. The molecule has 5 nitrogen and oxygen atoms in total. The maximum absolute atomic E-state index is 12.5. The number of carbonyl (C=O) groups excluding carboxylic acids is 1. The van der Waals surface area contributed by atoms with Crippen molar-refractivity contribution in [1.29, 1.82) is 0 Å². The van der Waals surface area contributed by atoms with E-state index in [4.69, 9.17) is 0 Å². The highest BCUT2D eigenvalue weighted by Gasteiger charge is 2.49. The fraction of sp³-hybridized carbons (Fsp3) is 0.300. The molecule has 0 bridgehead atoms. The summed E-state index contributed by atoms with van der Waals surface area (Å²) in [5, 5.41) is 0.518. The first-order valence-corrected chi connectivity index (χ1v) is 11.5. The number of hydrogen-bond donors (Lipinski definition) is 0. The van der Waals surface area contributed by atoms with Crippen LogP contribution in [0.1, 0.15) is 11.1 Å². The molecule has 2 aliphatic rings. The minimum absolute atomic E-state index is 0.0837. The molecular formula is C20H20N2O3S2. The lowest BCUT2D eigenvalue weighted by Gasteiger charge is -2.24. The lowest BCUT2D eigenvalue weighted by atomic mass is 10.1. The van der Waals surface area contributed by atoms with Gasteiger partial charge in [-0.05, 0) is 24.6 Å². The van der Waals surface area contributed by atoms with Crippen LogP contribution in [0.2, 0.25) is 0 Å². The number of sulfone groups is 1. The topological polar surface area (TPSA) is 66.8 Å². The van der Waals surface area contributed by atoms with Crippen molar-refractivity contribution in [2.24, 2.45) is 4.99 Å². The Labute approximate surface area is 163 Å². The highest BCUT2D eigenvalue weighted by Crippen LogP contribution is 2.41. The second-order valence-electron chi connectivity index (χ2n) is 6.96. The number of amides is 1. The van der Waals surface area contributed by atoms with Gasteiger partial charge in [-0.3, -0.25) is 4.79 Å². The van der Waals surface area contributed by atoms with Crippen LogP contribution in [0.4, 0.5) is 5.69 Å². The predicted molar refractivity (Wildman–Crippen MR) is 110 cm³/mol. The summed E-state index contributed by atoms with van der Waals surface area (Å²) in [6, 6.07) is 17.2. The SMILES string of the molecule is Cc1ccc(N2C(=NC(=O)Cc3ccccc3)S[C@@H]3CS(=O)(=O)C[C@H]32)cc1. The van der Waals surface area contributed by atoms with Gasteiger partial charge in [0, 0.05) is 10.9 Å². The molecule has 2 heterocycles. The Balaban J connectivity index is 1.64. The highest BCUT2D eigenvalue weighted by atomic mass is 32.2. The van der Waals surface area contributed by atoms with E-state index in [0.717, 1.165) is 16.8 Å². The molecule has 0 spiro atoms. The first kappa shape index (κ1) is 18.3. The summed E-state index contributed by atoms with van der Waals surface area (Å²) < 4.78 is 24.2. The number of benzene rings is 2. The van der Waals surface area contributed by atoms with Gasteiger partial charge in [0.1, 0.15) is 0 Å². The zero-order valence-electron chi connectivity index (χ0n) is 14.9. The van der Waals surface area contributed by atoms with Gasteiger partial charge in [0.25, 0.3) is 5.91 Å². The minimum Gasteiger partial charge on any atom is -0.316 e. The second-order valence-corrected chi connectivity index (χ2v) is 10.3. The van der Waals surface area contributed by atoms with Gasteiger partial charge in [0.2, 0.25) is 0 Å². The van der Waals surface area contributed by atoms with E-state index < -0.39 is 9.84 Å². The van der Waals surface area contributed by atoms with Crippen LogP contribution in [-0.4, -0.2) is 42.3 Å². The first-order valence-electron chi connectivity index (χ1n) is 8.80. The smallest absolute Gasteiger partial charge is 0.252 e. The molecule has 2 fully saturated rings. The Morgan fingerprint density at radius 2 is 1.81 bits per heavy atom. The van der Waals surface area contributed by atoms with E-state index in [0.29, 0.717) is 5.17 Å². The molecule has 2 saturated heterocycles. The minimum atomic E-state index is -3.06. The van der Waals surface area contributed by atoms with E-state index in [1.54, 1.807) is 0 Å². The maximum atomic E-state index is 12.5. The van der Waals surface area contributed by atoms with Gasteiger partial charge in [0.05, 0.1) is 24.0 Å². The lowest BCUT2D eigenvalue weighted by Crippen LogP contribution is -2.37. The van der Waals surface area contributed by atoms with E-state index in [1.165, 1.54) is 11.8 Å². The molecular weight excluding hydrogens is 380 g/mol. The average Bonchev–Trinajstić information content (AvgIpc) is 3.07. The van der Waals surface area contributed by atoms with Crippen LogP contribution in [0, 0.1) is 6.92 Å². The number of amidine groups is 1. The van der Waals surface area contributed by atoms with Crippen molar-refractivity contribution in [3.8, 4) is 0 Å². The molecule has 4 rings (SSSR count). The van der Waals surface area contributed by atoms with E-state index in [2.05, 4.69) is 4.99 Å². The van der Waals surface area contributed by atoms with Crippen LogP contribution in [0.3, 0.4) is 0 Å². The summed E-state index contributed by atoms with van der Waals surface area (Å²) >= 11 is 1.41. The van der Waals surface area contributed by atoms with E-state index in [-0.39, 0.29) is 35.1 Å². The number of anilines is 1. The summed E-state index contributed by atoms with van der Waals surface area (Å²) in [6.45, 7) is 2.00. The number of fused-ring (bicyclic) bond motifs is 1. The summed E-state index contributed by atoms with van der Waals surface area (Å²) in [5.41, 5.74) is 2.92. The number of hydrogen-bond acceptors (Lipinski definition) is 4. The quantitative estimate of drug-likeness (QED) is 0.793. The van der Waals surface area contributed by atoms with Gasteiger partial charge in [-0.25, -0.2) is 8.42 Å². The third kappa shape index (κ3) is 3.94. The molecule has 2 aliphatic heterocycles. The third-order valence-electron chi connectivity index (χ3n) is 4.80. The molecule has 0 radical (unpaired) electrons. The average molecular weight is 401 g/mol. The third-order valence-corrected chi connectivity index (χ3v) is 8.01. The monoisotopic (exact) mass is 400 g/mol. The van der Waals surface area contributed by atoms with Gasteiger partial charge < -0.3 is 4.90 Å². The number of aliphatic imine (C=N–C) groups is 1. The van der Waals surface area contributed by atoms with Gasteiger partial charge in [0.15, 0.2) is 15.0 Å². The molecule has 140 valence electrons. The van der Waals surface area contributed by atoms with Crippen molar-refractivity contribution < 1.29 is 13.2 Å². The van der Waals surface area contributed by atoms with Gasteiger partial charge in [-0.15, -0.1) is 0 Å². The number of aryl methyl sites for hydroxylation is 1. The summed E-state index contributed by atoms with van der Waals surface area (Å²) in [4.78, 5) is 18.8. The Bertz CT molecular complexity index is 986. The van der Waals surface area contributed by atoms with Crippen LogP contribution < -0.4 is 4.90 Å². The van der Waals surface area contributed by atoms with Crippen LogP contribution in [-0.2, 0) is 21.1 Å². The molecule has 27 heavy (non-hydrogen) atoms. The normalized spacial score (nSPS) is 24.9. The standard InChI is InChI=1S/C20H20N2O3S2/c1-14-7-9-16(10-8-14)22-17-12-27(24,25)13-18(17)26-20(22)21-19(23)11-15-5-3-2-4-6-15/h2-10,17-18H,11-13H2,1H3/t17-,18-/m1/s1. The lowest BCUT2D eigenvalue weighted by molar-refractivity contribution is -0.117. The Morgan fingerprint density at radius 1 is 1.11 bits per heavy atom. The fourth-order valence-electron chi connectivity index (χ4n) is 3.49. The number of carbonyl (C=O) groups is 1. The molecule has 0 aliphatic carbocycles. The number of nitrogens with zero attached hydrogens (tertiary/aromatic N) is 2. The van der Waals surface area contributed by atoms with E-state index in [9.17, 15) is 13.2 Å². The number of rotatable bonds is 3. The van der Waals surface area contributed by atoms with Crippen LogP contribution in [0.15, 0.2) is 59.6 Å². The highest BCUT2D eigenvalue weighted by molar-refractivity contribution is 8.16. The largest absolute Gasteiger partial charge is 0.316 e. The Kier molecular flexibility index (Phi) is 4.82. The van der Waals surface area contributed by atoms with Crippen molar-refractivity contribution in [3.05, 3.63) is 65.7 Å². The Morgan fingerprint density at radius 3 is 2.52 bits per heavy atom.